The largest absolute Gasteiger partial charge is 0.343 e. The average Bonchev–Trinajstić information content (AvgIpc) is 2.36. The van der Waals surface area contributed by atoms with Crippen LogP contribution in [0.25, 0.3) is 0 Å². The van der Waals surface area contributed by atoms with Crippen molar-refractivity contribution in [2.75, 3.05) is 39.4 Å². The fourth-order valence-corrected chi connectivity index (χ4v) is 2.16. The molecule has 0 aliphatic carbocycles. The molecule has 0 bridgehead atoms. The van der Waals surface area contributed by atoms with Crippen molar-refractivity contribution in [2.24, 2.45) is 0 Å². The predicted molar refractivity (Wildman–Crippen MR) is 74.1 cm³/mol. The Bertz CT molecular complexity index is 299. The smallest absolute Gasteiger partial charge is 0.240 e. The Morgan fingerprint density at radius 3 is 2.63 bits per heavy atom. The van der Waals surface area contributed by atoms with Gasteiger partial charge in [-0.15, -0.1) is 12.4 Å². The van der Waals surface area contributed by atoms with Crippen LogP contribution in [0.5, 0.6) is 0 Å². The maximum absolute atomic E-state index is 12.3. The van der Waals surface area contributed by atoms with Gasteiger partial charge >= 0.3 is 0 Å². The van der Waals surface area contributed by atoms with Gasteiger partial charge in [-0.2, -0.15) is 0 Å². The highest BCUT2D eigenvalue weighted by Crippen LogP contribution is 2.07. The Hall–Kier alpha value is -0.880. The fourth-order valence-electron chi connectivity index (χ4n) is 2.16. The molecule has 1 aliphatic heterocycles. The van der Waals surface area contributed by atoms with Crippen LogP contribution in [0, 0.1) is 0 Å². The molecular formula is C12H23ClFN3O2. The minimum Gasteiger partial charge on any atom is -0.343 e. The van der Waals surface area contributed by atoms with Crippen molar-refractivity contribution in [3.05, 3.63) is 0 Å². The first-order chi connectivity index (χ1) is 8.63. The molecule has 7 heteroatoms. The molecule has 2 amide bonds. The molecule has 0 aromatic carbocycles. The fraction of sp³-hybridized carbons (Fsp3) is 0.833. The van der Waals surface area contributed by atoms with Crippen molar-refractivity contribution in [1.29, 1.82) is 0 Å². The van der Waals surface area contributed by atoms with Crippen LogP contribution >= 0.6 is 12.4 Å². The van der Waals surface area contributed by atoms with Crippen LogP contribution in [-0.4, -0.2) is 67.1 Å². The van der Waals surface area contributed by atoms with Crippen molar-refractivity contribution < 1.29 is 14.0 Å². The molecule has 1 saturated heterocycles. The molecular weight excluding hydrogens is 273 g/mol. The van der Waals surface area contributed by atoms with Crippen LogP contribution in [0.15, 0.2) is 0 Å². The van der Waals surface area contributed by atoms with Gasteiger partial charge in [0.2, 0.25) is 11.8 Å². The Labute approximate surface area is 119 Å². The number of piperazine rings is 1. The highest BCUT2D eigenvalue weighted by Gasteiger charge is 2.30. The normalized spacial score (nSPS) is 19.0. The zero-order valence-corrected chi connectivity index (χ0v) is 12.3. The molecule has 0 saturated carbocycles. The van der Waals surface area contributed by atoms with Gasteiger partial charge in [-0.3, -0.25) is 9.59 Å². The molecule has 1 aliphatic rings. The summed E-state index contributed by atoms with van der Waals surface area (Å²) in [5, 5.41) is 3.03. The second kappa shape index (κ2) is 9.09. The van der Waals surface area contributed by atoms with Gasteiger partial charge in [0, 0.05) is 32.7 Å². The first-order valence-electron chi connectivity index (χ1n) is 6.49. The number of halogens is 2. The second-order valence-corrected chi connectivity index (χ2v) is 4.29. The van der Waals surface area contributed by atoms with Crippen LogP contribution < -0.4 is 5.32 Å². The van der Waals surface area contributed by atoms with E-state index in [4.69, 9.17) is 0 Å². The van der Waals surface area contributed by atoms with E-state index in [2.05, 4.69) is 5.32 Å². The Morgan fingerprint density at radius 2 is 2.11 bits per heavy atom. The summed E-state index contributed by atoms with van der Waals surface area (Å²) >= 11 is 0. The summed E-state index contributed by atoms with van der Waals surface area (Å²) in [4.78, 5) is 27.1. The van der Waals surface area contributed by atoms with Crippen LogP contribution in [0.2, 0.25) is 0 Å². The highest BCUT2D eigenvalue weighted by molar-refractivity contribution is 5.89. The summed E-state index contributed by atoms with van der Waals surface area (Å²) in [6, 6.07) is -0.501. The van der Waals surface area contributed by atoms with Gasteiger partial charge in [0.25, 0.3) is 0 Å². The molecule has 112 valence electrons. The summed E-state index contributed by atoms with van der Waals surface area (Å²) in [5.41, 5.74) is 0. The van der Waals surface area contributed by atoms with Gasteiger partial charge in [0.05, 0.1) is 12.5 Å². The number of alkyl halides is 1. The summed E-state index contributed by atoms with van der Waals surface area (Å²) in [7, 11) is 0. The third-order valence-electron chi connectivity index (χ3n) is 3.23. The van der Waals surface area contributed by atoms with Crippen molar-refractivity contribution in [3.63, 3.8) is 0 Å². The van der Waals surface area contributed by atoms with Crippen LogP contribution in [0.3, 0.4) is 0 Å². The molecule has 1 rings (SSSR count). The molecule has 19 heavy (non-hydrogen) atoms. The van der Waals surface area contributed by atoms with Crippen molar-refractivity contribution in [3.8, 4) is 0 Å². The third-order valence-corrected chi connectivity index (χ3v) is 3.23. The zero-order valence-electron chi connectivity index (χ0n) is 11.5. The summed E-state index contributed by atoms with van der Waals surface area (Å²) in [6.45, 7) is 5.81. The van der Waals surface area contributed by atoms with Gasteiger partial charge in [-0.25, -0.2) is 4.39 Å². The van der Waals surface area contributed by atoms with Gasteiger partial charge < -0.3 is 15.1 Å². The minimum atomic E-state index is -0.539. The number of hydrogen-bond donors (Lipinski definition) is 1. The molecule has 0 radical (unpaired) electrons. The quantitative estimate of drug-likeness (QED) is 0.773. The molecule has 1 unspecified atom stereocenters. The Kier molecular flexibility index (Phi) is 8.67. The molecule has 0 spiro atoms. The number of amides is 2. The minimum absolute atomic E-state index is 0. The van der Waals surface area contributed by atoms with E-state index in [1.807, 2.05) is 13.8 Å². The summed E-state index contributed by atoms with van der Waals surface area (Å²) in [5.74, 6) is -0.202. The Morgan fingerprint density at radius 1 is 1.47 bits per heavy atom. The summed E-state index contributed by atoms with van der Waals surface area (Å²) in [6.07, 6.45) is 0.156. The topological polar surface area (TPSA) is 52.7 Å². The molecule has 0 aromatic rings. The van der Waals surface area contributed by atoms with E-state index < -0.39 is 12.7 Å². The van der Waals surface area contributed by atoms with E-state index in [1.165, 1.54) is 4.90 Å². The van der Waals surface area contributed by atoms with E-state index in [-0.39, 0.29) is 37.2 Å². The SMILES string of the molecule is CCN(CC)C(=O)CC1NCCN(CCF)C1=O.Cl. The highest BCUT2D eigenvalue weighted by atomic mass is 35.5. The molecule has 1 N–H and O–H groups in total. The lowest BCUT2D eigenvalue weighted by molar-refractivity contribution is -0.141. The molecule has 1 atom stereocenters. The first kappa shape index (κ1) is 18.1. The molecule has 5 nitrogen and oxygen atoms in total. The standard InChI is InChI=1S/C12H22FN3O2.ClH/c1-3-15(4-2)11(17)9-10-12(18)16(7-5-13)8-6-14-10;/h10,14H,3-9H2,1-2H3;1H. The molecule has 0 aromatic heterocycles. The van der Waals surface area contributed by atoms with E-state index >= 15 is 0 Å². The van der Waals surface area contributed by atoms with Crippen LogP contribution in [0.1, 0.15) is 20.3 Å². The van der Waals surface area contributed by atoms with Gasteiger partial charge in [0.1, 0.15) is 6.67 Å². The lowest BCUT2D eigenvalue weighted by Gasteiger charge is -2.33. The number of nitrogens with one attached hydrogen (secondary N) is 1. The first-order valence-corrected chi connectivity index (χ1v) is 6.49. The lowest BCUT2D eigenvalue weighted by Crippen LogP contribution is -2.56. The maximum Gasteiger partial charge on any atom is 0.240 e. The van der Waals surface area contributed by atoms with Crippen molar-refractivity contribution >= 4 is 24.2 Å². The van der Waals surface area contributed by atoms with E-state index in [0.717, 1.165) is 0 Å². The number of rotatable bonds is 6. The van der Waals surface area contributed by atoms with Crippen molar-refractivity contribution in [2.45, 2.75) is 26.3 Å². The number of hydrogen-bond acceptors (Lipinski definition) is 3. The zero-order chi connectivity index (χ0) is 13.5. The van der Waals surface area contributed by atoms with Crippen LogP contribution in [-0.2, 0) is 9.59 Å². The lowest BCUT2D eigenvalue weighted by atomic mass is 10.1. The van der Waals surface area contributed by atoms with E-state index in [9.17, 15) is 14.0 Å². The number of carbonyl (C=O) groups excluding carboxylic acids is 2. The van der Waals surface area contributed by atoms with E-state index in [0.29, 0.717) is 26.2 Å². The number of nitrogens with zero attached hydrogens (tertiary/aromatic N) is 2. The van der Waals surface area contributed by atoms with E-state index in [1.54, 1.807) is 4.90 Å². The third kappa shape index (κ3) is 4.95. The summed E-state index contributed by atoms with van der Waals surface area (Å²) < 4.78 is 12.3. The van der Waals surface area contributed by atoms with Crippen LogP contribution in [0.4, 0.5) is 4.39 Å². The molecule has 1 fully saturated rings. The van der Waals surface area contributed by atoms with Gasteiger partial charge in [-0.05, 0) is 13.8 Å². The number of carbonyl (C=O) groups is 2. The Balaban J connectivity index is 0.00000324. The predicted octanol–water partition coefficient (Wildman–Crippen LogP) is 0.437. The molecule has 1 heterocycles. The van der Waals surface area contributed by atoms with Gasteiger partial charge in [0.15, 0.2) is 0 Å². The second-order valence-electron chi connectivity index (χ2n) is 4.29. The maximum atomic E-state index is 12.3. The monoisotopic (exact) mass is 295 g/mol. The van der Waals surface area contributed by atoms with Gasteiger partial charge in [-0.1, -0.05) is 0 Å². The average molecular weight is 296 g/mol. The van der Waals surface area contributed by atoms with Crippen molar-refractivity contribution in [1.82, 2.24) is 15.1 Å².